The van der Waals surface area contributed by atoms with Crippen molar-refractivity contribution in [2.75, 3.05) is 0 Å². The minimum Gasteiger partial charge on any atom is -0.479 e. The average Bonchev–Trinajstić information content (AvgIpc) is 3.15. The van der Waals surface area contributed by atoms with Gasteiger partial charge < -0.3 is 14.4 Å². The Morgan fingerprint density at radius 3 is 2.37 bits per heavy atom. The van der Waals surface area contributed by atoms with Crippen LogP contribution in [0.2, 0.25) is 0 Å². The van der Waals surface area contributed by atoms with Crippen LogP contribution in [0.15, 0.2) is 54.7 Å². The van der Waals surface area contributed by atoms with E-state index in [1.807, 2.05) is 58.0 Å². The summed E-state index contributed by atoms with van der Waals surface area (Å²) in [6, 6.07) is 13.2. The van der Waals surface area contributed by atoms with Gasteiger partial charge in [0.1, 0.15) is 17.3 Å². The Balaban J connectivity index is 1.96. The first-order valence-electron chi connectivity index (χ1n) is 11.4. The van der Waals surface area contributed by atoms with E-state index in [4.69, 9.17) is 9.72 Å². The molecule has 0 bridgehead atoms. The van der Waals surface area contributed by atoms with E-state index in [1.165, 1.54) is 12.1 Å². The summed E-state index contributed by atoms with van der Waals surface area (Å²) in [5.74, 6) is -2.38. The molecule has 35 heavy (non-hydrogen) atoms. The van der Waals surface area contributed by atoms with Gasteiger partial charge in [-0.1, -0.05) is 35.9 Å². The third-order valence-electron chi connectivity index (χ3n) is 5.79. The molecule has 0 aliphatic carbocycles. The number of carboxylic acid groups (broad SMARTS) is 1. The largest absolute Gasteiger partial charge is 0.479 e. The number of hydrogen-bond acceptors (Lipinski definition) is 3. The minimum atomic E-state index is -1.24. The van der Waals surface area contributed by atoms with Crippen LogP contribution in [0.5, 0.6) is 0 Å². The van der Waals surface area contributed by atoms with Crippen LogP contribution in [-0.2, 0) is 16.1 Å². The van der Waals surface area contributed by atoms with Gasteiger partial charge in [-0.3, -0.25) is 0 Å². The number of halogens is 2. The minimum absolute atomic E-state index is 0.148. The number of aromatic nitrogens is 2. The Bertz CT molecular complexity index is 1400. The van der Waals surface area contributed by atoms with E-state index >= 15 is 0 Å². The Labute approximate surface area is 203 Å². The van der Waals surface area contributed by atoms with Crippen molar-refractivity contribution in [1.29, 1.82) is 0 Å². The number of hydrogen-bond donors (Lipinski definition) is 1. The summed E-state index contributed by atoms with van der Waals surface area (Å²) in [5, 5.41) is 10.8. The van der Waals surface area contributed by atoms with E-state index in [0.29, 0.717) is 28.0 Å². The van der Waals surface area contributed by atoms with Gasteiger partial charge in [0.2, 0.25) is 0 Å². The molecule has 2 heterocycles. The van der Waals surface area contributed by atoms with Crippen LogP contribution in [0, 0.1) is 25.5 Å². The van der Waals surface area contributed by atoms with Crippen molar-refractivity contribution >= 4 is 17.0 Å². The molecule has 182 valence electrons. The van der Waals surface area contributed by atoms with Crippen LogP contribution in [0.1, 0.15) is 49.3 Å². The zero-order valence-corrected chi connectivity index (χ0v) is 20.4. The van der Waals surface area contributed by atoms with Crippen molar-refractivity contribution in [1.82, 2.24) is 9.55 Å². The molecule has 4 rings (SSSR count). The second-order valence-electron chi connectivity index (χ2n) is 9.72. The predicted molar refractivity (Wildman–Crippen MR) is 131 cm³/mol. The fourth-order valence-corrected chi connectivity index (χ4v) is 4.23. The number of carbonyl (C=O) groups is 1. The van der Waals surface area contributed by atoms with E-state index in [9.17, 15) is 18.7 Å². The number of carboxylic acids is 1. The quantitative estimate of drug-likeness (QED) is 0.340. The van der Waals surface area contributed by atoms with Gasteiger partial charge in [-0.2, -0.15) is 0 Å². The maximum Gasteiger partial charge on any atom is 0.337 e. The van der Waals surface area contributed by atoms with Gasteiger partial charge in [0.15, 0.2) is 6.10 Å². The molecule has 5 nitrogen and oxygen atoms in total. The molecule has 1 unspecified atom stereocenters. The third kappa shape index (κ3) is 5.10. The summed E-state index contributed by atoms with van der Waals surface area (Å²) < 4.78 is 35.5. The first kappa shape index (κ1) is 24.5. The first-order chi connectivity index (χ1) is 16.4. The molecular formula is C28H28F2N2O3. The molecule has 0 saturated heterocycles. The molecule has 2 aromatic heterocycles. The molecule has 0 aliphatic heterocycles. The molecule has 0 aliphatic rings. The van der Waals surface area contributed by atoms with Gasteiger partial charge in [-0.05, 0) is 52.3 Å². The highest BCUT2D eigenvalue weighted by atomic mass is 19.1. The maximum absolute atomic E-state index is 14.4. The molecular weight excluding hydrogens is 450 g/mol. The van der Waals surface area contributed by atoms with Crippen molar-refractivity contribution in [3.05, 3.63) is 88.7 Å². The lowest BCUT2D eigenvalue weighted by molar-refractivity contribution is -0.160. The topological polar surface area (TPSA) is 64.3 Å². The van der Waals surface area contributed by atoms with Gasteiger partial charge in [-0.15, -0.1) is 0 Å². The number of fused-ring (bicyclic) bond motifs is 1. The van der Waals surface area contributed by atoms with Crippen molar-refractivity contribution in [3.63, 3.8) is 0 Å². The van der Waals surface area contributed by atoms with Crippen LogP contribution in [-0.4, -0.2) is 26.2 Å². The SMILES string of the molecule is Cc1ccc(-c2c(C(OC(C)(C)C)C(=O)O)c(C)nc3c2ccn3Cc2ccc(F)cc2F)cc1. The fourth-order valence-electron chi connectivity index (χ4n) is 4.23. The highest BCUT2D eigenvalue weighted by Gasteiger charge is 2.32. The van der Waals surface area contributed by atoms with E-state index < -0.39 is 29.3 Å². The molecule has 4 aromatic rings. The number of benzene rings is 2. The van der Waals surface area contributed by atoms with Crippen LogP contribution in [0.3, 0.4) is 0 Å². The summed E-state index contributed by atoms with van der Waals surface area (Å²) in [6.45, 7) is 9.31. The lowest BCUT2D eigenvalue weighted by Crippen LogP contribution is -2.28. The maximum atomic E-state index is 14.4. The van der Waals surface area contributed by atoms with E-state index in [-0.39, 0.29) is 6.54 Å². The van der Waals surface area contributed by atoms with Crippen LogP contribution in [0.25, 0.3) is 22.2 Å². The second-order valence-corrected chi connectivity index (χ2v) is 9.72. The normalized spacial score (nSPS) is 12.8. The van der Waals surface area contributed by atoms with E-state index in [1.54, 1.807) is 17.7 Å². The summed E-state index contributed by atoms with van der Waals surface area (Å²) >= 11 is 0. The smallest absolute Gasteiger partial charge is 0.337 e. The summed E-state index contributed by atoms with van der Waals surface area (Å²) in [6.07, 6.45) is 0.544. The van der Waals surface area contributed by atoms with Gasteiger partial charge in [0, 0.05) is 40.0 Å². The van der Waals surface area contributed by atoms with Crippen molar-refractivity contribution < 1.29 is 23.4 Å². The van der Waals surface area contributed by atoms with Gasteiger partial charge >= 0.3 is 5.97 Å². The molecule has 7 heteroatoms. The summed E-state index contributed by atoms with van der Waals surface area (Å²) in [5.41, 5.74) is 3.79. The Kier molecular flexibility index (Phi) is 6.47. The molecule has 0 radical (unpaired) electrons. The molecule has 1 atom stereocenters. The first-order valence-corrected chi connectivity index (χ1v) is 11.4. The molecule has 0 amide bonds. The van der Waals surface area contributed by atoms with Crippen molar-refractivity contribution in [3.8, 4) is 11.1 Å². The second kappa shape index (κ2) is 9.23. The monoisotopic (exact) mass is 478 g/mol. The molecule has 0 spiro atoms. The van der Waals surface area contributed by atoms with Crippen LogP contribution < -0.4 is 0 Å². The van der Waals surface area contributed by atoms with Crippen molar-refractivity contribution in [2.45, 2.75) is 52.9 Å². The van der Waals surface area contributed by atoms with Crippen LogP contribution >= 0.6 is 0 Å². The Morgan fingerprint density at radius 2 is 1.77 bits per heavy atom. The zero-order chi connectivity index (χ0) is 25.5. The number of aliphatic carboxylic acids is 1. The summed E-state index contributed by atoms with van der Waals surface area (Å²) in [4.78, 5) is 17.1. The van der Waals surface area contributed by atoms with Gasteiger partial charge in [0.25, 0.3) is 0 Å². The number of ether oxygens (including phenoxy) is 1. The lowest BCUT2D eigenvalue weighted by Gasteiger charge is -2.28. The number of rotatable bonds is 6. The molecule has 0 fully saturated rings. The van der Waals surface area contributed by atoms with Gasteiger partial charge in [-0.25, -0.2) is 18.6 Å². The lowest BCUT2D eigenvalue weighted by atomic mass is 9.92. The zero-order valence-electron chi connectivity index (χ0n) is 20.4. The van der Waals surface area contributed by atoms with E-state index in [0.717, 1.165) is 22.6 Å². The molecule has 1 N–H and O–H groups in total. The molecule has 2 aromatic carbocycles. The highest BCUT2D eigenvalue weighted by molar-refractivity contribution is 5.97. The van der Waals surface area contributed by atoms with Gasteiger partial charge in [0.05, 0.1) is 12.1 Å². The Morgan fingerprint density at radius 1 is 1.09 bits per heavy atom. The number of pyridine rings is 1. The third-order valence-corrected chi connectivity index (χ3v) is 5.79. The standard InChI is InChI=1S/C28H28F2N2O3/c1-16-6-8-18(9-7-16)24-21-12-13-32(15-19-10-11-20(29)14-22(19)30)26(21)31-17(2)23(24)25(27(33)34)35-28(3,4)5/h6-14,25H,15H2,1-5H3,(H,33,34). The number of aryl methyl sites for hydroxylation is 2. The molecule has 0 saturated carbocycles. The van der Waals surface area contributed by atoms with E-state index in [2.05, 4.69) is 0 Å². The van der Waals surface area contributed by atoms with Crippen LogP contribution in [0.4, 0.5) is 8.78 Å². The highest BCUT2D eigenvalue weighted by Crippen LogP contribution is 2.40. The number of nitrogens with zero attached hydrogens (tertiary/aromatic N) is 2. The Hall–Kier alpha value is -3.58. The fraction of sp³-hybridized carbons (Fsp3) is 0.286. The summed E-state index contributed by atoms with van der Waals surface area (Å²) in [7, 11) is 0. The average molecular weight is 479 g/mol. The van der Waals surface area contributed by atoms with Crippen molar-refractivity contribution in [2.24, 2.45) is 0 Å². The predicted octanol–water partition coefficient (Wildman–Crippen LogP) is 6.59.